The van der Waals surface area contributed by atoms with Gasteiger partial charge in [-0.2, -0.15) is 10.1 Å². The van der Waals surface area contributed by atoms with Crippen molar-refractivity contribution < 1.29 is 14.3 Å². The number of nitrogens with zero attached hydrogens (tertiary/aromatic N) is 3. The second-order valence-electron chi connectivity index (χ2n) is 7.47. The first-order valence-corrected chi connectivity index (χ1v) is 8.59. The number of fused-ring (bicyclic) bond motifs is 1. The minimum Gasteiger partial charge on any atom is -0.493 e. The maximum absolute atomic E-state index is 13.1. The number of methoxy groups -OCH3 is 2. The van der Waals surface area contributed by atoms with Crippen LogP contribution in [0, 0.1) is 5.41 Å². The molecule has 26 heavy (non-hydrogen) atoms. The maximum atomic E-state index is 13.1. The first-order chi connectivity index (χ1) is 12.4. The Morgan fingerprint density at radius 1 is 1.23 bits per heavy atom. The van der Waals surface area contributed by atoms with Crippen LogP contribution >= 0.6 is 0 Å². The van der Waals surface area contributed by atoms with Crippen LogP contribution in [0.2, 0.25) is 0 Å². The molecular weight excluding hydrogens is 332 g/mol. The summed E-state index contributed by atoms with van der Waals surface area (Å²) in [5.41, 5.74) is 2.39. The number of para-hydroxylation sites is 1. The summed E-state index contributed by atoms with van der Waals surface area (Å²) in [6, 6.07) is 5.29. The van der Waals surface area contributed by atoms with Crippen molar-refractivity contribution in [3.63, 3.8) is 0 Å². The van der Waals surface area contributed by atoms with Gasteiger partial charge in [0.1, 0.15) is 12.4 Å². The second kappa shape index (κ2) is 5.86. The molecule has 0 amide bonds. The molecule has 1 aromatic carbocycles. The number of carbonyl (C=O) groups excluding carboxylic acids is 1. The van der Waals surface area contributed by atoms with E-state index in [1.165, 1.54) is 6.33 Å². The number of rotatable bonds is 3. The van der Waals surface area contributed by atoms with Crippen molar-refractivity contribution in [2.24, 2.45) is 5.41 Å². The summed E-state index contributed by atoms with van der Waals surface area (Å²) >= 11 is 0. The lowest BCUT2D eigenvalue weighted by atomic mass is 9.73. The Balaban J connectivity index is 1.95. The summed E-state index contributed by atoms with van der Waals surface area (Å²) in [4.78, 5) is 17.4. The number of allylic oxidation sites excluding steroid dienone is 2. The molecular formula is C19H22N4O3. The van der Waals surface area contributed by atoms with Crippen LogP contribution in [-0.2, 0) is 4.79 Å². The molecule has 1 atom stereocenters. The Hall–Kier alpha value is -2.83. The van der Waals surface area contributed by atoms with Crippen molar-refractivity contribution in [1.82, 2.24) is 14.8 Å². The number of hydrogen-bond acceptors (Lipinski definition) is 6. The minimum absolute atomic E-state index is 0.0892. The molecule has 0 saturated heterocycles. The number of anilines is 1. The van der Waals surface area contributed by atoms with E-state index in [0.29, 0.717) is 23.9 Å². The molecule has 1 aromatic heterocycles. The highest BCUT2D eigenvalue weighted by atomic mass is 16.5. The van der Waals surface area contributed by atoms with Crippen LogP contribution in [0.5, 0.6) is 11.5 Å². The lowest BCUT2D eigenvalue weighted by Crippen LogP contribution is -2.36. The standard InChI is InChI=1S/C19H22N4O3/c1-19(2)8-12-15(13(24)9-19)16(23-18(22-12)20-10-21-23)11-6-5-7-14(25-3)17(11)26-4/h5-7,10,16H,8-9H2,1-4H3,(H,20,21,22)/t16-/m0/s1. The van der Waals surface area contributed by atoms with Gasteiger partial charge in [-0.1, -0.05) is 26.0 Å². The van der Waals surface area contributed by atoms with Crippen LogP contribution in [0.3, 0.4) is 0 Å². The molecule has 4 rings (SSSR count). The van der Waals surface area contributed by atoms with Crippen LogP contribution in [-0.4, -0.2) is 34.8 Å². The van der Waals surface area contributed by atoms with Gasteiger partial charge in [-0.3, -0.25) is 4.79 Å². The molecule has 1 aliphatic heterocycles. The van der Waals surface area contributed by atoms with E-state index in [9.17, 15) is 4.79 Å². The zero-order valence-corrected chi connectivity index (χ0v) is 15.4. The van der Waals surface area contributed by atoms with Crippen molar-refractivity contribution in [2.45, 2.75) is 32.7 Å². The molecule has 7 nitrogen and oxygen atoms in total. The zero-order chi connectivity index (χ0) is 18.5. The lowest BCUT2D eigenvalue weighted by Gasteiger charge is -2.38. The molecule has 1 N–H and O–H groups in total. The summed E-state index contributed by atoms with van der Waals surface area (Å²) in [6.07, 6.45) is 2.78. The van der Waals surface area contributed by atoms with E-state index < -0.39 is 6.04 Å². The van der Waals surface area contributed by atoms with Crippen LogP contribution in [0.25, 0.3) is 0 Å². The SMILES string of the molecule is COc1cccc([C@H]2C3=C(CC(C)(C)CC3=O)Nc3ncnn32)c1OC. The van der Waals surface area contributed by atoms with Crippen LogP contribution in [0.15, 0.2) is 35.8 Å². The smallest absolute Gasteiger partial charge is 0.226 e. The number of ketones is 1. The molecule has 0 saturated carbocycles. The Bertz CT molecular complexity index is 913. The van der Waals surface area contributed by atoms with Gasteiger partial charge in [0.15, 0.2) is 17.3 Å². The molecule has 136 valence electrons. The van der Waals surface area contributed by atoms with Gasteiger partial charge < -0.3 is 14.8 Å². The van der Waals surface area contributed by atoms with Crippen LogP contribution in [0.1, 0.15) is 38.3 Å². The van der Waals surface area contributed by atoms with E-state index in [0.717, 1.165) is 23.3 Å². The van der Waals surface area contributed by atoms with Gasteiger partial charge in [0.25, 0.3) is 0 Å². The molecule has 0 fully saturated rings. The zero-order valence-electron chi connectivity index (χ0n) is 15.4. The van der Waals surface area contributed by atoms with Gasteiger partial charge in [-0.15, -0.1) is 0 Å². The third-order valence-electron chi connectivity index (χ3n) is 5.00. The normalized spacial score (nSPS) is 20.9. The van der Waals surface area contributed by atoms with Gasteiger partial charge in [0, 0.05) is 23.3 Å². The number of hydrogen-bond donors (Lipinski definition) is 1. The average Bonchev–Trinajstić information content (AvgIpc) is 3.06. The fourth-order valence-electron chi connectivity index (χ4n) is 3.96. The highest BCUT2D eigenvalue weighted by molar-refractivity contribution is 6.00. The number of carbonyl (C=O) groups is 1. The van der Waals surface area contributed by atoms with E-state index >= 15 is 0 Å². The van der Waals surface area contributed by atoms with Gasteiger partial charge in [0.05, 0.1) is 14.2 Å². The van der Waals surface area contributed by atoms with Crippen molar-refractivity contribution in [2.75, 3.05) is 19.5 Å². The maximum Gasteiger partial charge on any atom is 0.226 e. The molecule has 2 aliphatic rings. The van der Waals surface area contributed by atoms with Crippen LogP contribution in [0.4, 0.5) is 5.95 Å². The van der Waals surface area contributed by atoms with Crippen molar-refractivity contribution in [3.8, 4) is 11.5 Å². The van der Waals surface area contributed by atoms with Crippen LogP contribution < -0.4 is 14.8 Å². The Morgan fingerprint density at radius 2 is 2.04 bits per heavy atom. The summed E-state index contributed by atoms with van der Waals surface area (Å²) < 4.78 is 12.8. The molecule has 1 aliphatic carbocycles. The third-order valence-corrected chi connectivity index (χ3v) is 5.00. The van der Waals surface area contributed by atoms with E-state index in [1.807, 2.05) is 18.2 Å². The summed E-state index contributed by atoms with van der Waals surface area (Å²) in [7, 11) is 3.20. The number of benzene rings is 1. The predicted molar refractivity (Wildman–Crippen MR) is 96.4 cm³/mol. The fraction of sp³-hybridized carbons (Fsp3) is 0.421. The third kappa shape index (κ3) is 2.46. The predicted octanol–water partition coefficient (Wildman–Crippen LogP) is 2.95. The molecule has 2 aromatic rings. The Labute approximate surface area is 152 Å². The van der Waals surface area contributed by atoms with E-state index in [1.54, 1.807) is 18.9 Å². The van der Waals surface area contributed by atoms with E-state index in [-0.39, 0.29) is 11.2 Å². The fourth-order valence-corrected chi connectivity index (χ4v) is 3.96. The topological polar surface area (TPSA) is 78.3 Å². The quantitative estimate of drug-likeness (QED) is 0.913. The first-order valence-electron chi connectivity index (χ1n) is 8.59. The second-order valence-corrected chi connectivity index (χ2v) is 7.47. The average molecular weight is 354 g/mol. The summed E-state index contributed by atoms with van der Waals surface area (Å²) in [5, 5.41) is 7.67. The van der Waals surface area contributed by atoms with Gasteiger partial charge in [-0.05, 0) is 17.9 Å². The lowest BCUT2D eigenvalue weighted by molar-refractivity contribution is -0.118. The highest BCUT2D eigenvalue weighted by Gasteiger charge is 2.42. The monoisotopic (exact) mass is 354 g/mol. The van der Waals surface area contributed by atoms with E-state index in [4.69, 9.17) is 9.47 Å². The van der Waals surface area contributed by atoms with Crippen molar-refractivity contribution in [1.29, 1.82) is 0 Å². The first kappa shape index (κ1) is 16.6. The summed E-state index contributed by atoms with van der Waals surface area (Å²) in [6.45, 7) is 4.22. The number of aromatic nitrogens is 3. The largest absolute Gasteiger partial charge is 0.493 e. The number of Topliss-reactive ketones (excluding diaryl/α,β-unsaturated/α-hetero) is 1. The molecule has 0 bridgehead atoms. The van der Waals surface area contributed by atoms with Crippen molar-refractivity contribution in [3.05, 3.63) is 41.4 Å². The van der Waals surface area contributed by atoms with Gasteiger partial charge in [-0.25, -0.2) is 4.68 Å². The molecule has 7 heteroatoms. The number of ether oxygens (including phenoxy) is 2. The highest BCUT2D eigenvalue weighted by Crippen LogP contribution is 2.48. The Morgan fingerprint density at radius 3 is 2.77 bits per heavy atom. The summed E-state index contributed by atoms with van der Waals surface area (Å²) in [5.74, 6) is 1.98. The molecule has 0 spiro atoms. The van der Waals surface area contributed by atoms with Crippen molar-refractivity contribution >= 4 is 11.7 Å². The molecule has 0 unspecified atom stereocenters. The molecule has 0 radical (unpaired) electrons. The molecule has 2 heterocycles. The Kier molecular flexibility index (Phi) is 3.75. The van der Waals surface area contributed by atoms with E-state index in [2.05, 4.69) is 29.2 Å². The minimum atomic E-state index is -0.391. The van der Waals surface area contributed by atoms with Gasteiger partial charge in [0.2, 0.25) is 5.95 Å². The van der Waals surface area contributed by atoms with Gasteiger partial charge >= 0.3 is 0 Å². The number of nitrogens with one attached hydrogen (secondary N) is 1.